The van der Waals surface area contributed by atoms with Crippen LogP contribution in [0.25, 0.3) is 0 Å². The summed E-state index contributed by atoms with van der Waals surface area (Å²) in [4.78, 5) is 14.6. The van der Waals surface area contributed by atoms with E-state index in [1.807, 2.05) is 13.8 Å². The molecule has 1 aromatic rings. The van der Waals surface area contributed by atoms with E-state index in [4.69, 9.17) is 4.74 Å². The predicted molar refractivity (Wildman–Crippen MR) is 90.3 cm³/mol. The van der Waals surface area contributed by atoms with Crippen LogP contribution in [0.5, 0.6) is 0 Å². The first-order chi connectivity index (χ1) is 11.4. The lowest BCUT2D eigenvalue weighted by Gasteiger charge is -2.35. The molecule has 7 heteroatoms. The van der Waals surface area contributed by atoms with Crippen molar-refractivity contribution in [3.05, 3.63) is 29.8 Å². The molecule has 1 amide bonds. The molecule has 0 radical (unpaired) electrons. The minimum absolute atomic E-state index is 0.00696. The second-order valence-electron chi connectivity index (χ2n) is 6.60. The number of carbonyl (C=O) groups excluding carboxylic acids is 1. The molecule has 0 aromatic heterocycles. The number of sulfonamides is 1. The van der Waals surface area contributed by atoms with Crippen molar-refractivity contribution in [3.63, 3.8) is 0 Å². The fraction of sp³-hybridized carbons (Fsp3) is 0.588. The molecule has 3 rings (SSSR count). The molecule has 2 atom stereocenters. The van der Waals surface area contributed by atoms with Gasteiger partial charge in [0.2, 0.25) is 10.0 Å². The van der Waals surface area contributed by atoms with Crippen LogP contribution in [-0.4, -0.2) is 61.9 Å². The number of ether oxygens (including phenoxy) is 1. The van der Waals surface area contributed by atoms with Gasteiger partial charge in [0.05, 0.1) is 17.1 Å². The van der Waals surface area contributed by atoms with E-state index >= 15 is 0 Å². The number of hydrogen-bond acceptors (Lipinski definition) is 4. The van der Waals surface area contributed by atoms with Crippen LogP contribution in [0.1, 0.15) is 37.0 Å². The van der Waals surface area contributed by atoms with Crippen molar-refractivity contribution >= 4 is 15.9 Å². The highest BCUT2D eigenvalue weighted by atomic mass is 32.2. The average molecular weight is 352 g/mol. The Kier molecular flexibility index (Phi) is 4.94. The molecular formula is C17H24N2O4S. The molecule has 0 N–H and O–H groups in total. The van der Waals surface area contributed by atoms with E-state index in [2.05, 4.69) is 0 Å². The fourth-order valence-electron chi connectivity index (χ4n) is 3.37. The second-order valence-corrected chi connectivity index (χ2v) is 8.54. The molecule has 0 spiro atoms. The first kappa shape index (κ1) is 17.4. The molecule has 2 aliphatic rings. The van der Waals surface area contributed by atoms with Gasteiger partial charge in [0, 0.05) is 31.7 Å². The van der Waals surface area contributed by atoms with Crippen molar-refractivity contribution in [2.24, 2.45) is 0 Å². The molecule has 1 aromatic carbocycles. The number of morpholine rings is 1. The third kappa shape index (κ3) is 3.48. The summed E-state index contributed by atoms with van der Waals surface area (Å²) >= 11 is 0. The van der Waals surface area contributed by atoms with Crippen molar-refractivity contribution in [3.8, 4) is 0 Å². The molecule has 0 aliphatic carbocycles. The van der Waals surface area contributed by atoms with Gasteiger partial charge in [-0.2, -0.15) is 4.31 Å². The van der Waals surface area contributed by atoms with Gasteiger partial charge in [0.1, 0.15) is 0 Å². The summed E-state index contributed by atoms with van der Waals surface area (Å²) in [6, 6.07) is 6.29. The van der Waals surface area contributed by atoms with Gasteiger partial charge in [-0.25, -0.2) is 8.42 Å². The average Bonchev–Trinajstić information content (AvgIpc) is 3.08. The van der Waals surface area contributed by atoms with Gasteiger partial charge >= 0.3 is 0 Å². The normalized spacial score (nSPS) is 25.8. The highest BCUT2D eigenvalue weighted by Gasteiger charge is 2.29. The van der Waals surface area contributed by atoms with Crippen LogP contribution in [0.2, 0.25) is 0 Å². The van der Waals surface area contributed by atoms with Crippen LogP contribution >= 0.6 is 0 Å². The van der Waals surface area contributed by atoms with Crippen LogP contribution in [0.4, 0.5) is 0 Å². The molecular weight excluding hydrogens is 328 g/mol. The third-order valence-electron chi connectivity index (χ3n) is 4.51. The highest BCUT2D eigenvalue weighted by molar-refractivity contribution is 7.89. The number of benzene rings is 1. The zero-order valence-electron chi connectivity index (χ0n) is 14.1. The number of amides is 1. The van der Waals surface area contributed by atoms with Crippen molar-refractivity contribution in [2.45, 2.75) is 43.8 Å². The quantitative estimate of drug-likeness (QED) is 0.831. The topological polar surface area (TPSA) is 66.9 Å². The van der Waals surface area contributed by atoms with Crippen LogP contribution in [0, 0.1) is 0 Å². The minimum atomic E-state index is -3.44. The fourth-order valence-corrected chi connectivity index (χ4v) is 4.89. The van der Waals surface area contributed by atoms with Crippen LogP contribution < -0.4 is 0 Å². The van der Waals surface area contributed by atoms with Crippen molar-refractivity contribution in [1.29, 1.82) is 0 Å². The Morgan fingerprint density at radius 1 is 1.04 bits per heavy atom. The number of rotatable bonds is 3. The van der Waals surface area contributed by atoms with E-state index in [-0.39, 0.29) is 23.0 Å². The van der Waals surface area contributed by atoms with Crippen molar-refractivity contribution in [1.82, 2.24) is 9.21 Å². The Morgan fingerprint density at radius 3 is 2.12 bits per heavy atom. The lowest BCUT2D eigenvalue weighted by atomic mass is 10.1. The highest BCUT2D eigenvalue weighted by Crippen LogP contribution is 2.22. The summed E-state index contributed by atoms with van der Waals surface area (Å²) in [5, 5.41) is 0. The van der Waals surface area contributed by atoms with Gasteiger partial charge < -0.3 is 9.64 Å². The molecule has 0 bridgehead atoms. The molecule has 2 heterocycles. The molecule has 2 fully saturated rings. The molecule has 6 nitrogen and oxygen atoms in total. The number of hydrogen-bond donors (Lipinski definition) is 0. The molecule has 2 aliphatic heterocycles. The molecule has 0 unspecified atom stereocenters. The third-order valence-corrected chi connectivity index (χ3v) is 6.42. The maximum absolute atomic E-state index is 12.6. The van der Waals surface area contributed by atoms with Crippen molar-refractivity contribution < 1.29 is 17.9 Å². The van der Waals surface area contributed by atoms with Crippen LogP contribution in [0.15, 0.2) is 29.2 Å². The summed E-state index contributed by atoms with van der Waals surface area (Å²) in [6.45, 7) is 6.15. The van der Waals surface area contributed by atoms with Gasteiger partial charge in [-0.15, -0.1) is 0 Å². The largest absolute Gasteiger partial charge is 0.372 e. The summed E-state index contributed by atoms with van der Waals surface area (Å²) in [7, 11) is -3.44. The maximum atomic E-state index is 12.6. The van der Waals surface area contributed by atoms with Gasteiger partial charge in [0.25, 0.3) is 5.91 Å². The minimum Gasteiger partial charge on any atom is -0.372 e. The van der Waals surface area contributed by atoms with E-state index in [0.29, 0.717) is 31.7 Å². The lowest BCUT2D eigenvalue weighted by molar-refractivity contribution is -0.0586. The summed E-state index contributed by atoms with van der Waals surface area (Å²) in [5.74, 6) is -0.0814. The number of nitrogens with zero attached hydrogens (tertiary/aromatic N) is 2. The Bertz CT molecular complexity index is 686. The molecule has 24 heavy (non-hydrogen) atoms. The first-order valence-corrected chi connectivity index (χ1v) is 9.87. The maximum Gasteiger partial charge on any atom is 0.254 e. The van der Waals surface area contributed by atoms with E-state index in [9.17, 15) is 13.2 Å². The Labute approximate surface area is 143 Å². The van der Waals surface area contributed by atoms with Gasteiger partial charge in [-0.05, 0) is 51.0 Å². The smallest absolute Gasteiger partial charge is 0.254 e. The molecule has 0 saturated carbocycles. The predicted octanol–water partition coefficient (Wildman–Crippen LogP) is 1.72. The van der Waals surface area contributed by atoms with Crippen LogP contribution in [0.3, 0.4) is 0 Å². The van der Waals surface area contributed by atoms with E-state index in [1.54, 1.807) is 17.0 Å². The molecule has 2 saturated heterocycles. The monoisotopic (exact) mass is 352 g/mol. The summed E-state index contributed by atoms with van der Waals surface area (Å²) < 4.78 is 32.2. The zero-order valence-corrected chi connectivity index (χ0v) is 15.0. The Morgan fingerprint density at radius 2 is 1.58 bits per heavy atom. The first-order valence-electron chi connectivity index (χ1n) is 8.43. The zero-order chi connectivity index (χ0) is 17.3. The van der Waals surface area contributed by atoms with Gasteiger partial charge in [-0.3, -0.25) is 4.79 Å². The van der Waals surface area contributed by atoms with Crippen molar-refractivity contribution in [2.75, 3.05) is 26.2 Å². The number of carbonyl (C=O) groups is 1. The summed E-state index contributed by atoms with van der Waals surface area (Å²) in [5.41, 5.74) is 0.511. The van der Waals surface area contributed by atoms with Gasteiger partial charge in [-0.1, -0.05) is 0 Å². The lowest BCUT2D eigenvalue weighted by Crippen LogP contribution is -2.48. The second kappa shape index (κ2) is 6.82. The van der Waals surface area contributed by atoms with Gasteiger partial charge in [0.15, 0.2) is 0 Å². The van der Waals surface area contributed by atoms with E-state index in [0.717, 1.165) is 12.8 Å². The standard InChI is InChI=1S/C17H24N2O4S/c1-13-11-18(12-14(2)23-13)17(20)15-5-7-16(8-6-15)24(21,22)19-9-3-4-10-19/h5-8,13-14H,3-4,9-12H2,1-2H3/t13-,14-/m1/s1. The van der Waals surface area contributed by atoms with E-state index < -0.39 is 10.0 Å². The van der Waals surface area contributed by atoms with Crippen LogP contribution in [-0.2, 0) is 14.8 Å². The summed E-state index contributed by atoms with van der Waals surface area (Å²) in [6.07, 6.45) is 1.83. The SMILES string of the molecule is C[C@@H]1CN(C(=O)c2ccc(S(=O)(=O)N3CCCC3)cc2)C[C@@H](C)O1. The molecule has 132 valence electrons. The Hall–Kier alpha value is -1.44. The Balaban J connectivity index is 1.75. The van der Waals surface area contributed by atoms with E-state index in [1.165, 1.54) is 16.4 Å².